The van der Waals surface area contributed by atoms with Crippen molar-refractivity contribution in [2.75, 3.05) is 6.54 Å². The van der Waals surface area contributed by atoms with E-state index >= 15 is 0 Å². The Kier molecular flexibility index (Phi) is 5.12. The fraction of sp³-hybridized carbons (Fsp3) is 0.300. The van der Waals surface area contributed by atoms with Crippen LogP contribution in [-0.2, 0) is 19.4 Å². The molecule has 0 saturated heterocycles. The summed E-state index contributed by atoms with van der Waals surface area (Å²) in [6, 6.07) is 9.51. The lowest BCUT2D eigenvalue weighted by atomic mass is 9.95. The average molecular weight is 336 g/mol. The molecule has 4 heteroatoms. The number of carbonyl (C=O) groups is 1. The minimum absolute atomic E-state index is 0.0821. The van der Waals surface area contributed by atoms with Crippen LogP contribution in [0.15, 0.2) is 42.3 Å². The van der Waals surface area contributed by atoms with Gasteiger partial charge < -0.3 is 4.90 Å². The highest BCUT2D eigenvalue weighted by Crippen LogP contribution is 2.31. The number of nitrogens with zero attached hydrogens (tertiary/aromatic N) is 2. The van der Waals surface area contributed by atoms with Gasteiger partial charge in [0.1, 0.15) is 0 Å². The third kappa shape index (κ3) is 3.42. The molecule has 122 valence electrons. The summed E-state index contributed by atoms with van der Waals surface area (Å²) in [5.41, 5.74) is 3.77. The summed E-state index contributed by atoms with van der Waals surface area (Å²) in [4.78, 5) is 16.2. The van der Waals surface area contributed by atoms with E-state index in [0.29, 0.717) is 18.7 Å². The van der Waals surface area contributed by atoms with Crippen molar-refractivity contribution in [2.45, 2.75) is 32.2 Å². The third-order valence-electron chi connectivity index (χ3n) is 4.38. The smallest absolute Gasteiger partial charge is 0.255 e. The van der Waals surface area contributed by atoms with E-state index in [1.54, 1.807) is 29.5 Å². The molecule has 1 aromatic heterocycles. The van der Waals surface area contributed by atoms with Crippen LogP contribution >= 0.6 is 11.3 Å². The number of nitriles is 1. The summed E-state index contributed by atoms with van der Waals surface area (Å²) in [7, 11) is 0. The SMILES string of the molecule is C=CCN(Cc1ccc(C#N)cc1)C(=O)c1csc2c1CCCC2. The van der Waals surface area contributed by atoms with Crippen molar-refractivity contribution >= 4 is 17.2 Å². The van der Waals surface area contributed by atoms with E-state index in [1.807, 2.05) is 22.4 Å². The lowest BCUT2D eigenvalue weighted by molar-refractivity contribution is 0.0762. The van der Waals surface area contributed by atoms with E-state index in [2.05, 4.69) is 12.6 Å². The lowest BCUT2D eigenvalue weighted by Gasteiger charge is -2.22. The molecule has 2 aromatic rings. The van der Waals surface area contributed by atoms with Crippen molar-refractivity contribution < 1.29 is 4.79 Å². The van der Waals surface area contributed by atoms with Crippen LogP contribution in [0.2, 0.25) is 0 Å². The summed E-state index contributed by atoms with van der Waals surface area (Å²) < 4.78 is 0. The summed E-state index contributed by atoms with van der Waals surface area (Å²) in [6.07, 6.45) is 6.27. The van der Waals surface area contributed by atoms with Crippen molar-refractivity contribution in [3.05, 3.63) is 69.4 Å². The second-order valence-electron chi connectivity index (χ2n) is 6.04. The Bertz CT molecular complexity index is 783. The van der Waals surface area contributed by atoms with Crippen molar-refractivity contribution in [3.8, 4) is 6.07 Å². The minimum atomic E-state index is 0.0821. The Labute approximate surface area is 146 Å². The zero-order valence-electron chi connectivity index (χ0n) is 13.6. The molecule has 1 aliphatic carbocycles. The van der Waals surface area contributed by atoms with E-state index in [-0.39, 0.29) is 5.91 Å². The van der Waals surface area contributed by atoms with Gasteiger partial charge in [-0.15, -0.1) is 17.9 Å². The normalized spacial score (nSPS) is 13.0. The van der Waals surface area contributed by atoms with Gasteiger partial charge in [0.05, 0.1) is 17.2 Å². The molecule has 3 nitrogen and oxygen atoms in total. The van der Waals surface area contributed by atoms with Crippen LogP contribution in [0, 0.1) is 11.3 Å². The van der Waals surface area contributed by atoms with Crippen LogP contribution in [-0.4, -0.2) is 17.4 Å². The Balaban J connectivity index is 1.82. The summed E-state index contributed by atoms with van der Waals surface area (Å²) >= 11 is 1.72. The van der Waals surface area contributed by atoms with Gasteiger partial charge in [-0.3, -0.25) is 4.79 Å². The van der Waals surface area contributed by atoms with Crippen LogP contribution in [0.3, 0.4) is 0 Å². The van der Waals surface area contributed by atoms with Crippen LogP contribution < -0.4 is 0 Å². The van der Waals surface area contributed by atoms with E-state index in [4.69, 9.17) is 5.26 Å². The van der Waals surface area contributed by atoms with Gasteiger partial charge in [-0.1, -0.05) is 18.2 Å². The molecule has 3 rings (SSSR count). The van der Waals surface area contributed by atoms with Gasteiger partial charge in [-0.2, -0.15) is 5.26 Å². The number of rotatable bonds is 5. The molecule has 0 fully saturated rings. The predicted octanol–water partition coefficient (Wildman–Crippen LogP) is 4.33. The fourth-order valence-electron chi connectivity index (χ4n) is 3.12. The molecule has 24 heavy (non-hydrogen) atoms. The molecule has 0 aliphatic heterocycles. The molecule has 1 aliphatic rings. The van der Waals surface area contributed by atoms with Gasteiger partial charge in [0.2, 0.25) is 0 Å². The molecular weight excluding hydrogens is 316 g/mol. The summed E-state index contributed by atoms with van der Waals surface area (Å²) in [5.74, 6) is 0.0821. The zero-order valence-corrected chi connectivity index (χ0v) is 14.4. The number of hydrogen-bond acceptors (Lipinski definition) is 3. The zero-order chi connectivity index (χ0) is 16.9. The van der Waals surface area contributed by atoms with Gasteiger partial charge in [0.25, 0.3) is 5.91 Å². The number of fused-ring (bicyclic) bond motifs is 1. The third-order valence-corrected chi connectivity index (χ3v) is 5.47. The second kappa shape index (κ2) is 7.46. The van der Waals surface area contributed by atoms with E-state index in [9.17, 15) is 4.79 Å². The quantitative estimate of drug-likeness (QED) is 0.763. The van der Waals surface area contributed by atoms with E-state index in [0.717, 1.165) is 24.0 Å². The highest BCUT2D eigenvalue weighted by Gasteiger charge is 2.23. The van der Waals surface area contributed by atoms with Crippen molar-refractivity contribution in [3.63, 3.8) is 0 Å². The van der Waals surface area contributed by atoms with Crippen molar-refractivity contribution in [1.82, 2.24) is 4.90 Å². The Morgan fingerprint density at radius 2 is 2.04 bits per heavy atom. The van der Waals surface area contributed by atoms with E-state index in [1.165, 1.54) is 23.3 Å². The van der Waals surface area contributed by atoms with Gasteiger partial charge in [0.15, 0.2) is 0 Å². The Morgan fingerprint density at radius 3 is 2.75 bits per heavy atom. The lowest BCUT2D eigenvalue weighted by Crippen LogP contribution is -2.31. The van der Waals surface area contributed by atoms with Crippen LogP contribution in [0.5, 0.6) is 0 Å². The molecule has 0 radical (unpaired) electrons. The molecule has 0 atom stereocenters. The molecule has 0 N–H and O–H groups in total. The number of thiophene rings is 1. The van der Waals surface area contributed by atoms with E-state index < -0.39 is 0 Å². The average Bonchev–Trinajstić information content (AvgIpc) is 3.05. The predicted molar refractivity (Wildman–Crippen MR) is 97.1 cm³/mol. The highest BCUT2D eigenvalue weighted by molar-refractivity contribution is 7.10. The molecule has 1 aromatic carbocycles. The maximum atomic E-state index is 13.0. The van der Waals surface area contributed by atoms with Crippen molar-refractivity contribution in [1.29, 1.82) is 5.26 Å². The van der Waals surface area contributed by atoms with Crippen LogP contribution in [0.25, 0.3) is 0 Å². The van der Waals surface area contributed by atoms with Gasteiger partial charge in [0, 0.05) is 23.3 Å². The number of aryl methyl sites for hydroxylation is 1. The molecule has 1 heterocycles. The number of amides is 1. The van der Waals surface area contributed by atoms with Gasteiger partial charge in [-0.25, -0.2) is 0 Å². The van der Waals surface area contributed by atoms with Crippen LogP contribution in [0.1, 0.15) is 44.8 Å². The summed E-state index contributed by atoms with van der Waals surface area (Å²) in [6.45, 7) is 4.83. The molecule has 0 bridgehead atoms. The second-order valence-corrected chi connectivity index (χ2v) is 7.01. The van der Waals surface area contributed by atoms with Gasteiger partial charge >= 0.3 is 0 Å². The Morgan fingerprint density at radius 1 is 1.29 bits per heavy atom. The van der Waals surface area contributed by atoms with Gasteiger partial charge in [-0.05, 0) is 48.9 Å². The fourth-order valence-corrected chi connectivity index (χ4v) is 4.24. The maximum Gasteiger partial charge on any atom is 0.255 e. The molecule has 0 spiro atoms. The number of carbonyl (C=O) groups excluding carboxylic acids is 1. The first kappa shape index (κ1) is 16.5. The minimum Gasteiger partial charge on any atom is -0.331 e. The Hall–Kier alpha value is -2.38. The topological polar surface area (TPSA) is 44.1 Å². The maximum absolute atomic E-state index is 13.0. The molecule has 0 unspecified atom stereocenters. The largest absolute Gasteiger partial charge is 0.331 e. The first-order valence-corrected chi connectivity index (χ1v) is 9.09. The first-order chi connectivity index (χ1) is 11.7. The van der Waals surface area contributed by atoms with Crippen LogP contribution in [0.4, 0.5) is 0 Å². The molecule has 0 saturated carbocycles. The number of hydrogen-bond donors (Lipinski definition) is 0. The highest BCUT2D eigenvalue weighted by atomic mass is 32.1. The monoisotopic (exact) mass is 336 g/mol. The first-order valence-electron chi connectivity index (χ1n) is 8.21. The molecular formula is C20H20N2OS. The van der Waals surface area contributed by atoms with Crippen molar-refractivity contribution in [2.24, 2.45) is 0 Å². The molecule has 1 amide bonds. The standard InChI is InChI=1S/C20H20N2OS/c1-2-11-22(13-16-9-7-15(12-21)8-10-16)20(23)18-14-24-19-6-4-3-5-17(18)19/h2,7-10,14H,1,3-6,11,13H2. The number of benzene rings is 1. The summed E-state index contributed by atoms with van der Waals surface area (Å²) in [5, 5.41) is 10.9.